The highest BCUT2D eigenvalue weighted by molar-refractivity contribution is 5.91. The first kappa shape index (κ1) is 26.3. The molecule has 0 radical (unpaired) electrons. The third-order valence-corrected chi connectivity index (χ3v) is 5.00. The number of hydrogen-bond donors (Lipinski definition) is 4. The lowest BCUT2D eigenvalue weighted by atomic mass is 10.0. The van der Waals surface area contributed by atoms with Crippen LogP contribution in [0.15, 0.2) is 0 Å². The summed E-state index contributed by atoms with van der Waals surface area (Å²) < 4.78 is 0. The number of carboxylic acid groups (broad SMARTS) is 1. The number of nitrogens with one attached hydrogen (secondary N) is 2. The molecule has 0 bridgehead atoms. The first-order valence-corrected chi connectivity index (χ1v) is 10.5. The zero-order valence-corrected chi connectivity index (χ0v) is 18.0. The molecule has 0 aromatic rings. The van der Waals surface area contributed by atoms with Crippen molar-refractivity contribution in [3.8, 4) is 0 Å². The van der Waals surface area contributed by atoms with Crippen LogP contribution in [0.25, 0.3) is 0 Å². The number of carbonyl (C=O) groups excluding carboxylic acids is 2. The number of nitrogens with zero attached hydrogens (tertiary/aromatic N) is 1. The van der Waals surface area contributed by atoms with E-state index in [4.69, 9.17) is 5.73 Å². The SMILES string of the molecule is CCCC[C@H](NC)C(=O)N(C)[C@@H](CCCC)C(=O)N[C@@H](CCCCN)C(=O)O. The van der Waals surface area contributed by atoms with Crippen LogP contribution >= 0.6 is 0 Å². The van der Waals surface area contributed by atoms with Crippen molar-refractivity contribution in [2.24, 2.45) is 5.73 Å². The second kappa shape index (κ2) is 15.3. The monoisotopic (exact) mass is 400 g/mol. The van der Waals surface area contributed by atoms with E-state index >= 15 is 0 Å². The molecule has 0 aromatic carbocycles. The van der Waals surface area contributed by atoms with Crippen molar-refractivity contribution in [3.05, 3.63) is 0 Å². The number of rotatable bonds is 16. The molecule has 5 N–H and O–H groups in total. The van der Waals surface area contributed by atoms with Crippen LogP contribution in [0.2, 0.25) is 0 Å². The van der Waals surface area contributed by atoms with E-state index in [1.165, 1.54) is 4.90 Å². The maximum atomic E-state index is 12.9. The summed E-state index contributed by atoms with van der Waals surface area (Å²) in [6.45, 7) is 4.57. The second-order valence-electron chi connectivity index (χ2n) is 7.27. The van der Waals surface area contributed by atoms with E-state index in [1.807, 2.05) is 6.92 Å². The van der Waals surface area contributed by atoms with E-state index in [-0.39, 0.29) is 11.9 Å². The molecule has 8 heteroatoms. The fraction of sp³-hybridized carbons (Fsp3) is 0.850. The maximum Gasteiger partial charge on any atom is 0.326 e. The molecule has 0 saturated carbocycles. The van der Waals surface area contributed by atoms with E-state index < -0.39 is 24.0 Å². The molecule has 28 heavy (non-hydrogen) atoms. The molecule has 0 aliphatic carbocycles. The third kappa shape index (κ3) is 9.50. The van der Waals surface area contributed by atoms with Crippen molar-refractivity contribution in [2.75, 3.05) is 20.6 Å². The lowest BCUT2D eigenvalue weighted by Gasteiger charge is -2.31. The lowest BCUT2D eigenvalue weighted by molar-refractivity contribution is -0.145. The molecular formula is C20H40N4O4. The smallest absolute Gasteiger partial charge is 0.326 e. The van der Waals surface area contributed by atoms with E-state index in [9.17, 15) is 19.5 Å². The number of amides is 2. The normalized spacial score (nSPS) is 14.2. The van der Waals surface area contributed by atoms with Crippen LogP contribution in [0, 0.1) is 0 Å². The zero-order valence-electron chi connectivity index (χ0n) is 18.0. The van der Waals surface area contributed by atoms with E-state index in [2.05, 4.69) is 17.6 Å². The molecule has 0 aromatic heterocycles. The van der Waals surface area contributed by atoms with Crippen LogP contribution in [0.3, 0.4) is 0 Å². The summed E-state index contributed by atoms with van der Waals surface area (Å²) in [5.41, 5.74) is 5.46. The minimum Gasteiger partial charge on any atom is -0.480 e. The Bertz CT molecular complexity index is 473. The van der Waals surface area contributed by atoms with Gasteiger partial charge in [-0.1, -0.05) is 39.5 Å². The van der Waals surface area contributed by atoms with Gasteiger partial charge in [0.05, 0.1) is 6.04 Å². The van der Waals surface area contributed by atoms with Crippen LogP contribution in [-0.4, -0.2) is 66.6 Å². The zero-order chi connectivity index (χ0) is 21.5. The molecule has 0 aliphatic rings. The topological polar surface area (TPSA) is 125 Å². The van der Waals surface area contributed by atoms with Gasteiger partial charge in [0.15, 0.2) is 0 Å². The highest BCUT2D eigenvalue weighted by Crippen LogP contribution is 2.13. The minimum atomic E-state index is -1.07. The number of unbranched alkanes of at least 4 members (excludes halogenated alkanes) is 3. The van der Waals surface area contributed by atoms with Crippen LogP contribution in [0.5, 0.6) is 0 Å². The van der Waals surface area contributed by atoms with E-state index in [0.29, 0.717) is 38.6 Å². The predicted octanol–water partition coefficient (Wildman–Crippen LogP) is 1.48. The predicted molar refractivity (Wildman–Crippen MR) is 111 cm³/mol. The van der Waals surface area contributed by atoms with Gasteiger partial charge in [0.1, 0.15) is 12.1 Å². The van der Waals surface area contributed by atoms with Gasteiger partial charge < -0.3 is 26.4 Å². The fourth-order valence-corrected chi connectivity index (χ4v) is 3.12. The van der Waals surface area contributed by atoms with Crippen molar-refractivity contribution in [3.63, 3.8) is 0 Å². The van der Waals surface area contributed by atoms with Gasteiger partial charge in [0, 0.05) is 7.05 Å². The fourth-order valence-electron chi connectivity index (χ4n) is 3.12. The largest absolute Gasteiger partial charge is 0.480 e. The van der Waals surface area contributed by atoms with Gasteiger partial charge in [-0.05, 0) is 45.7 Å². The summed E-state index contributed by atoms with van der Waals surface area (Å²) in [4.78, 5) is 38.7. The van der Waals surface area contributed by atoms with Crippen molar-refractivity contribution >= 4 is 17.8 Å². The number of carboxylic acids is 1. The van der Waals surface area contributed by atoms with Gasteiger partial charge in [-0.3, -0.25) is 9.59 Å². The molecule has 0 saturated heterocycles. The van der Waals surface area contributed by atoms with Gasteiger partial charge in [0.25, 0.3) is 0 Å². The molecule has 164 valence electrons. The standard InChI is InChI=1S/C20H40N4O4/c1-5-7-11-15(22-3)19(26)24(4)17(13-8-6-2)18(25)23-16(20(27)28)12-9-10-14-21/h15-17,22H,5-14,21H2,1-4H3,(H,23,25)(H,27,28)/t15-,16-,17-/m0/s1. The Balaban J connectivity index is 5.20. The van der Waals surface area contributed by atoms with Crippen LogP contribution in [0.1, 0.15) is 71.6 Å². The van der Waals surface area contributed by atoms with Crippen LogP contribution in [-0.2, 0) is 14.4 Å². The number of nitrogens with two attached hydrogens (primary N) is 1. The number of carbonyl (C=O) groups is 3. The van der Waals surface area contributed by atoms with Gasteiger partial charge in [0.2, 0.25) is 11.8 Å². The van der Waals surface area contributed by atoms with Crippen molar-refractivity contribution in [2.45, 2.75) is 89.8 Å². The highest BCUT2D eigenvalue weighted by Gasteiger charge is 2.32. The lowest BCUT2D eigenvalue weighted by Crippen LogP contribution is -2.55. The molecule has 2 amide bonds. The Labute approximate surface area is 169 Å². The quantitative estimate of drug-likeness (QED) is 0.291. The molecule has 0 unspecified atom stereocenters. The molecule has 0 rings (SSSR count). The first-order chi connectivity index (χ1) is 13.3. The molecule has 0 spiro atoms. The first-order valence-electron chi connectivity index (χ1n) is 10.5. The van der Waals surface area contributed by atoms with Crippen molar-refractivity contribution < 1.29 is 19.5 Å². The van der Waals surface area contributed by atoms with E-state index in [1.54, 1.807) is 14.1 Å². The van der Waals surface area contributed by atoms with Crippen LogP contribution in [0.4, 0.5) is 0 Å². The average molecular weight is 401 g/mol. The summed E-state index contributed by atoms with van der Waals surface area (Å²) in [6, 6.07) is -1.99. The summed E-state index contributed by atoms with van der Waals surface area (Å²) >= 11 is 0. The maximum absolute atomic E-state index is 12.9. The summed E-state index contributed by atoms with van der Waals surface area (Å²) in [7, 11) is 3.37. The number of aliphatic carboxylic acids is 1. The van der Waals surface area contributed by atoms with Gasteiger partial charge in [-0.15, -0.1) is 0 Å². The summed E-state index contributed by atoms with van der Waals surface area (Å²) in [5, 5.41) is 15.1. The third-order valence-electron chi connectivity index (χ3n) is 5.00. The Morgan fingerprint density at radius 1 is 0.964 bits per heavy atom. The Morgan fingerprint density at radius 2 is 1.54 bits per heavy atom. The second-order valence-corrected chi connectivity index (χ2v) is 7.27. The van der Waals surface area contributed by atoms with E-state index in [0.717, 1.165) is 25.7 Å². The highest BCUT2D eigenvalue weighted by atomic mass is 16.4. The Morgan fingerprint density at radius 3 is 2.04 bits per heavy atom. The summed E-state index contributed by atoms with van der Waals surface area (Å²) in [6.07, 6.45) is 6.43. The van der Waals surface area contributed by atoms with Crippen molar-refractivity contribution in [1.29, 1.82) is 0 Å². The molecule has 0 heterocycles. The van der Waals surface area contributed by atoms with Crippen molar-refractivity contribution in [1.82, 2.24) is 15.5 Å². The Kier molecular flexibility index (Phi) is 14.4. The Hall–Kier alpha value is -1.67. The molecule has 3 atom stereocenters. The molecule has 0 aliphatic heterocycles. The van der Waals surface area contributed by atoms with Gasteiger partial charge in [-0.25, -0.2) is 4.79 Å². The number of hydrogen-bond acceptors (Lipinski definition) is 5. The summed E-state index contributed by atoms with van der Waals surface area (Å²) in [5.74, 6) is -1.61. The number of likely N-dealkylation sites (N-methyl/N-ethyl adjacent to an activating group) is 2. The van der Waals surface area contributed by atoms with Crippen LogP contribution < -0.4 is 16.4 Å². The van der Waals surface area contributed by atoms with Gasteiger partial charge in [-0.2, -0.15) is 0 Å². The molecule has 8 nitrogen and oxygen atoms in total. The van der Waals surface area contributed by atoms with Gasteiger partial charge >= 0.3 is 5.97 Å². The average Bonchev–Trinajstić information content (AvgIpc) is 2.67. The minimum absolute atomic E-state index is 0.137. The molecule has 0 fully saturated rings. The molecular weight excluding hydrogens is 360 g/mol.